The van der Waals surface area contributed by atoms with Crippen LogP contribution in [0.4, 0.5) is 0 Å². The van der Waals surface area contributed by atoms with Crippen molar-refractivity contribution in [3.05, 3.63) is 35.4 Å². The van der Waals surface area contributed by atoms with Crippen LogP contribution < -0.4 is 5.73 Å². The minimum absolute atomic E-state index is 0. The van der Waals surface area contributed by atoms with E-state index in [9.17, 15) is 4.79 Å². The van der Waals surface area contributed by atoms with Crippen molar-refractivity contribution in [2.24, 2.45) is 5.73 Å². The molecule has 1 aliphatic rings. The minimum Gasteiger partial charge on any atom is -0.380 e. The molecule has 106 valence electrons. The zero-order valence-electron chi connectivity index (χ0n) is 11.2. The van der Waals surface area contributed by atoms with Crippen LogP contribution in [0.2, 0.25) is 0 Å². The molecular formula is C14H21ClN2O2. The maximum Gasteiger partial charge on any atom is 0.254 e. The number of methoxy groups -OCH3 is 1. The second-order valence-corrected chi connectivity index (χ2v) is 4.66. The SMILES string of the molecule is COCc1ccc(C(=O)N2CCCC2CN)cc1.Cl. The number of likely N-dealkylation sites (tertiary alicyclic amines) is 1. The first-order chi connectivity index (χ1) is 8.76. The largest absolute Gasteiger partial charge is 0.380 e. The predicted molar refractivity (Wildman–Crippen MR) is 77.5 cm³/mol. The molecule has 1 saturated heterocycles. The number of benzene rings is 1. The molecule has 1 heterocycles. The van der Waals surface area contributed by atoms with E-state index in [4.69, 9.17) is 10.5 Å². The molecule has 1 fully saturated rings. The summed E-state index contributed by atoms with van der Waals surface area (Å²) in [4.78, 5) is 14.2. The summed E-state index contributed by atoms with van der Waals surface area (Å²) in [6, 6.07) is 7.80. The Balaban J connectivity index is 0.00000180. The van der Waals surface area contributed by atoms with E-state index in [-0.39, 0.29) is 24.4 Å². The number of carbonyl (C=O) groups is 1. The molecule has 0 spiro atoms. The first kappa shape index (κ1) is 16.0. The van der Waals surface area contributed by atoms with Crippen molar-refractivity contribution in [1.82, 2.24) is 4.90 Å². The summed E-state index contributed by atoms with van der Waals surface area (Å²) in [5.74, 6) is 0.0897. The van der Waals surface area contributed by atoms with Crippen molar-refractivity contribution in [2.45, 2.75) is 25.5 Å². The third-order valence-corrected chi connectivity index (χ3v) is 3.42. The van der Waals surface area contributed by atoms with Crippen LogP contribution >= 0.6 is 12.4 Å². The van der Waals surface area contributed by atoms with E-state index in [1.54, 1.807) is 7.11 Å². The molecule has 1 atom stereocenters. The number of carbonyl (C=O) groups excluding carboxylic acids is 1. The van der Waals surface area contributed by atoms with Gasteiger partial charge < -0.3 is 15.4 Å². The Morgan fingerprint density at radius 3 is 2.68 bits per heavy atom. The van der Waals surface area contributed by atoms with Gasteiger partial charge in [0.1, 0.15) is 0 Å². The van der Waals surface area contributed by atoms with Gasteiger partial charge in [-0.25, -0.2) is 0 Å². The Morgan fingerprint density at radius 2 is 2.11 bits per heavy atom. The van der Waals surface area contributed by atoms with E-state index in [1.807, 2.05) is 29.2 Å². The minimum atomic E-state index is 0. The second kappa shape index (κ2) is 7.48. The Bertz CT molecular complexity index is 408. The average Bonchev–Trinajstić information content (AvgIpc) is 2.87. The molecule has 4 nitrogen and oxygen atoms in total. The van der Waals surface area contributed by atoms with Gasteiger partial charge in [0.15, 0.2) is 0 Å². The lowest BCUT2D eigenvalue weighted by molar-refractivity contribution is 0.0741. The average molecular weight is 285 g/mol. The monoisotopic (exact) mass is 284 g/mol. The van der Waals surface area contributed by atoms with Crippen LogP contribution in [0.1, 0.15) is 28.8 Å². The molecule has 2 N–H and O–H groups in total. The Hall–Kier alpha value is -1.10. The highest BCUT2D eigenvalue weighted by molar-refractivity contribution is 5.94. The first-order valence-electron chi connectivity index (χ1n) is 6.35. The van der Waals surface area contributed by atoms with Crippen LogP contribution in [-0.4, -0.2) is 37.0 Å². The molecule has 1 amide bonds. The second-order valence-electron chi connectivity index (χ2n) is 4.66. The summed E-state index contributed by atoms with van der Waals surface area (Å²) in [5, 5.41) is 0. The van der Waals surface area contributed by atoms with Gasteiger partial charge >= 0.3 is 0 Å². The van der Waals surface area contributed by atoms with E-state index in [0.29, 0.717) is 13.2 Å². The number of rotatable bonds is 4. The molecule has 0 bridgehead atoms. The van der Waals surface area contributed by atoms with Crippen LogP contribution in [0.3, 0.4) is 0 Å². The highest BCUT2D eigenvalue weighted by atomic mass is 35.5. The van der Waals surface area contributed by atoms with Gasteiger partial charge in [-0.1, -0.05) is 12.1 Å². The normalized spacial score (nSPS) is 18.2. The Labute approximate surface area is 120 Å². The zero-order chi connectivity index (χ0) is 13.0. The summed E-state index contributed by atoms with van der Waals surface area (Å²) >= 11 is 0. The van der Waals surface area contributed by atoms with Crippen molar-refractivity contribution in [3.8, 4) is 0 Å². The molecule has 19 heavy (non-hydrogen) atoms. The van der Waals surface area contributed by atoms with Crippen molar-refractivity contribution in [3.63, 3.8) is 0 Å². The molecule has 0 aromatic heterocycles. The van der Waals surface area contributed by atoms with Crippen molar-refractivity contribution >= 4 is 18.3 Å². The summed E-state index contributed by atoms with van der Waals surface area (Å²) in [5.41, 5.74) is 7.50. The smallest absolute Gasteiger partial charge is 0.254 e. The van der Waals surface area contributed by atoms with E-state index < -0.39 is 0 Å². The van der Waals surface area contributed by atoms with Gasteiger partial charge in [-0.15, -0.1) is 12.4 Å². The maximum absolute atomic E-state index is 12.3. The fourth-order valence-electron chi connectivity index (χ4n) is 2.42. The van der Waals surface area contributed by atoms with E-state index in [1.165, 1.54) is 0 Å². The molecular weight excluding hydrogens is 264 g/mol. The lowest BCUT2D eigenvalue weighted by atomic mass is 10.1. The van der Waals surface area contributed by atoms with Crippen molar-refractivity contribution in [2.75, 3.05) is 20.2 Å². The van der Waals surface area contributed by atoms with E-state index >= 15 is 0 Å². The van der Waals surface area contributed by atoms with Crippen molar-refractivity contribution < 1.29 is 9.53 Å². The van der Waals surface area contributed by atoms with Gasteiger partial charge in [-0.3, -0.25) is 4.79 Å². The van der Waals surface area contributed by atoms with Gasteiger partial charge in [0, 0.05) is 31.8 Å². The van der Waals surface area contributed by atoms with Gasteiger partial charge in [-0.2, -0.15) is 0 Å². The predicted octanol–water partition coefficient (Wildman–Crippen LogP) is 1.82. The molecule has 0 aliphatic carbocycles. The molecule has 1 unspecified atom stereocenters. The lowest BCUT2D eigenvalue weighted by Gasteiger charge is -2.23. The van der Waals surface area contributed by atoms with Crippen LogP contribution in [0.15, 0.2) is 24.3 Å². The number of nitrogens with zero attached hydrogens (tertiary/aromatic N) is 1. The lowest BCUT2D eigenvalue weighted by Crippen LogP contribution is -2.39. The maximum atomic E-state index is 12.3. The van der Waals surface area contributed by atoms with Gasteiger partial charge in [0.2, 0.25) is 0 Å². The fraction of sp³-hybridized carbons (Fsp3) is 0.500. The van der Waals surface area contributed by atoms with Crippen LogP contribution in [0, 0.1) is 0 Å². The number of hydrogen-bond donors (Lipinski definition) is 1. The van der Waals surface area contributed by atoms with E-state index in [0.717, 1.165) is 30.5 Å². The van der Waals surface area contributed by atoms with Crippen LogP contribution in [-0.2, 0) is 11.3 Å². The number of halogens is 1. The number of hydrogen-bond acceptors (Lipinski definition) is 3. The summed E-state index contributed by atoms with van der Waals surface area (Å²) in [7, 11) is 1.66. The van der Waals surface area contributed by atoms with Crippen molar-refractivity contribution in [1.29, 1.82) is 0 Å². The molecule has 5 heteroatoms. The Kier molecular flexibility index (Phi) is 6.28. The zero-order valence-corrected chi connectivity index (χ0v) is 12.0. The third-order valence-electron chi connectivity index (χ3n) is 3.42. The molecule has 2 rings (SSSR count). The number of nitrogens with two attached hydrogens (primary N) is 1. The highest BCUT2D eigenvalue weighted by Gasteiger charge is 2.28. The highest BCUT2D eigenvalue weighted by Crippen LogP contribution is 2.19. The topological polar surface area (TPSA) is 55.6 Å². The number of ether oxygens (including phenoxy) is 1. The molecule has 0 saturated carbocycles. The quantitative estimate of drug-likeness (QED) is 0.917. The number of amides is 1. The third kappa shape index (κ3) is 3.69. The summed E-state index contributed by atoms with van der Waals surface area (Å²) < 4.78 is 5.05. The van der Waals surface area contributed by atoms with Gasteiger partial charge in [-0.05, 0) is 30.5 Å². The Morgan fingerprint density at radius 1 is 1.42 bits per heavy atom. The summed E-state index contributed by atoms with van der Waals surface area (Å²) in [6.07, 6.45) is 2.07. The molecule has 1 aliphatic heterocycles. The summed E-state index contributed by atoms with van der Waals surface area (Å²) in [6.45, 7) is 1.94. The molecule has 0 radical (unpaired) electrons. The molecule has 1 aromatic carbocycles. The molecule has 1 aromatic rings. The van der Waals surface area contributed by atoms with Crippen LogP contribution in [0.5, 0.6) is 0 Å². The van der Waals surface area contributed by atoms with Crippen LogP contribution in [0.25, 0.3) is 0 Å². The van der Waals surface area contributed by atoms with Gasteiger partial charge in [0.05, 0.1) is 6.61 Å². The van der Waals surface area contributed by atoms with Gasteiger partial charge in [0.25, 0.3) is 5.91 Å². The standard InChI is InChI=1S/C14H20N2O2.ClH/c1-18-10-11-4-6-12(7-5-11)14(17)16-8-2-3-13(16)9-15;/h4-7,13H,2-3,8-10,15H2,1H3;1H. The van der Waals surface area contributed by atoms with E-state index in [2.05, 4.69) is 0 Å². The first-order valence-corrected chi connectivity index (χ1v) is 6.35. The fourth-order valence-corrected chi connectivity index (χ4v) is 2.42.